The number of rotatable bonds is 6. The highest BCUT2D eigenvalue weighted by molar-refractivity contribution is 6.27. The summed E-state index contributed by atoms with van der Waals surface area (Å²) in [6, 6.07) is 11.1. The molecule has 1 atom stereocenters. The van der Waals surface area contributed by atoms with Crippen molar-refractivity contribution in [1.82, 2.24) is 15.1 Å². The average molecular weight is 589 g/mol. The molecule has 3 aromatic carbocycles. The molecule has 0 saturated carbocycles. The molecule has 4 aliphatic heterocycles. The largest absolute Gasteiger partial charge is 0.379 e. The van der Waals surface area contributed by atoms with Crippen LogP contribution in [-0.2, 0) is 27.3 Å². The summed E-state index contributed by atoms with van der Waals surface area (Å²) in [7, 11) is 0. The summed E-state index contributed by atoms with van der Waals surface area (Å²) in [6.07, 6.45) is 2.74. The van der Waals surface area contributed by atoms with E-state index >= 15 is 4.39 Å². The predicted molar refractivity (Wildman–Crippen MR) is 157 cm³/mol. The molecule has 3 fully saturated rings. The number of morpholine rings is 1. The van der Waals surface area contributed by atoms with Crippen LogP contribution in [0.5, 0.6) is 0 Å². The summed E-state index contributed by atoms with van der Waals surface area (Å²) in [4.78, 5) is 44.0. The Balaban J connectivity index is 1.08. The van der Waals surface area contributed by atoms with Crippen LogP contribution in [0.3, 0.4) is 0 Å². The Morgan fingerprint density at radius 1 is 0.884 bits per heavy atom. The number of amides is 3. The number of nitrogens with one attached hydrogen (secondary N) is 1. The third-order valence-corrected chi connectivity index (χ3v) is 9.40. The standard InChI is InChI=1S/C33H34F2N4O4/c34-23-17-25-21(3-4-28-31(25)26(18-23)33(42)39(28)29-5-6-30(40)36-32(29)41)16-22-2-1-20(15-27(22)35)19-37-9-7-24(8-10-37)38-11-13-43-14-12-38/h1-4,15,17-18,24,29H,5-14,16,19H2,(H,36,40,41). The van der Waals surface area contributed by atoms with Crippen LogP contribution in [0.4, 0.5) is 14.5 Å². The van der Waals surface area contributed by atoms with Crippen molar-refractivity contribution in [2.75, 3.05) is 44.3 Å². The number of carbonyl (C=O) groups is 3. The lowest BCUT2D eigenvalue weighted by Gasteiger charge is -2.40. The van der Waals surface area contributed by atoms with E-state index in [-0.39, 0.29) is 36.6 Å². The van der Waals surface area contributed by atoms with Gasteiger partial charge in [-0.2, -0.15) is 0 Å². The molecule has 7 rings (SSSR count). The van der Waals surface area contributed by atoms with Gasteiger partial charge in [0.15, 0.2) is 0 Å². The molecule has 8 nitrogen and oxygen atoms in total. The number of hydrogen-bond donors (Lipinski definition) is 1. The second kappa shape index (κ2) is 11.4. The quantitative estimate of drug-likeness (QED) is 0.442. The Hall–Kier alpha value is -3.73. The van der Waals surface area contributed by atoms with Gasteiger partial charge in [0.05, 0.1) is 24.5 Å². The van der Waals surface area contributed by atoms with Gasteiger partial charge in [-0.3, -0.25) is 34.4 Å². The SMILES string of the molecule is O=C1CCC(N2C(=O)c3cc(F)cc4c(Cc5ccc(CN6CCC(N7CCOCC7)CC6)cc5F)ccc2c34)C(=O)N1. The third-order valence-electron chi connectivity index (χ3n) is 9.40. The first-order valence-corrected chi connectivity index (χ1v) is 15.1. The molecule has 3 aromatic rings. The Morgan fingerprint density at radius 2 is 1.65 bits per heavy atom. The van der Waals surface area contributed by atoms with Crippen molar-refractivity contribution in [3.63, 3.8) is 0 Å². The number of imide groups is 1. The lowest BCUT2D eigenvalue weighted by molar-refractivity contribution is -0.134. The van der Waals surface area contributed by atoms with Crippen LogP contribution in [0.15, 0.2) is 42.5 Å². The number of anilines is 1. The topological polar surface area (TPSA) is 82.2 Å². The molecule has 3 saturated heterocycles. The van der Waals surface area contributed by atoms with E-state index in [1.54, 1.807) is 24.3 Å². The van der Waals surface area contributed by atoms with E-state index < -0.39 is 23.7 Å². The predicted octanol–water partition coefficient (Wildman–Crippen LogP) is 3.77. The van der Waals surface area contributed by atoms with Gasteiger partial charge in [-0.1, -0.05) is 18.2 Å². The van der Waals surface area contributed by atoms with E-state index in [0.29, 0.717) is 40.2 Å². The second-order valence-electron chi connectivity index (χ2n) is 12.0. The summed E-state index contributed by atoms with van der Waals surface area (Å²) >= 11 is 0. The highest BCUT2D eigenvalue weighted by atomic mass is 19.1. The highest BCUT2D eigenvalue weighted by Crippen LogP contribution is 2.42. The van der Waals surface area contributed by atoms with Crippen LogP contribution in [0.25, 0.3) is 10.8 Å². The number of benzene rings is 3. The minimum Gasteiger partial charge on any atom is -0.379 e. The smallest absolute Gasteiger partial charge is 0.259 e. The Kier molecular flexibility index (Phi) is 7.44. The molecular weight excluding hydrogens is 554 g/mol. The fraction of sp³-hybridized carbons (Fsp3) is 0.424. The Morgan fingerprint density at radius 3 is 2.40 bits per heavy atom. The number of ether oxygens (including phenoxy) is 1. The number of halogens is 2. The molecule has 1 unspecified atom stereocenters. The van der Waals surface area contributed by atoms with Crippen LogP contribution < -0.4 is 10.2 Å². The normalized spacial score (nSPS) is 22.0. The zero-order valence-electron chi connectivity index (χ0n) is 23.9. The zero-order chi connectivity index (χ0) is 29.7. The molecule has 4 aliphatic rings. The average Bonchev–Trinajstić information content (AvgIpc) is 3.28. The molecule has 0 aromatic heterocycles. The van der Waals surface area contributed by atoms with Gasteiger partial charge in [-0.25, -0.2) is 8.78 Å². The lowest BCUT2D eigenvalue weighted by Crippen LogP contribution is -2.53. The van der Waals surface area contributed by atoms with Crippen LogP contribution in [0, 0.1) is 11.6 Å². The molecule has 0 radical (unpaired) electrons. The van der Waals surface area contributed by atoms with E-state index in [4.69, 9.17) is 4.74 Å². The molecular formula is C33H34F2N4O4. The van der Waals surface area contributed by atoms with Crippen LogP contribution in [-0.4, -0.2) is 79.0 Å². The van der Waals surface area contributed by atoms with Crippen molar-refractivity contribution in [3.05, 3.63) is 76.4 Å². The lowest BCUT2D eigenvalue weighted by atomic mass is 9.95. The van der Waals surface area contributed by atoms with Crippen LogP contribution >= 0.6 is 0 Å². The Bertz CT molecular complexity index is 1610. The molecule has 224 valence electrons. The molecule has 0 aliphatic carbocycles. The minimum atomic E-state index is -0.857. The van der Waals surface area contributed by atoms with Crippen molar-refractivity contribution < 1.29 is 27.9 Å². The second-order valence-corrected chi connectivity index (χ2v) is 12.0. The Labute approximate surface area is 248 Å². The van der Waals surface area contributed by atoms with E-state index in [9.17, 15) is 18.8 Å². The summed E-state index contributed by atoms with van der Waals surface area (Å²) in [5.41, 5.74) is 2.77. The van der Waals surface area contributed by atoms with Gasteiger partial charge in [0.1, 0.15) is 17.7 Å². The van der Waals surface area contributed by atoms with E-state index in [1.807, 2.05) is 6.07 Å². The first kappa shape index (κ1) is 28.1. The third kappa shape index (κ3) is 5.32. The fourth-order valence-corrected chi connectivity index (χ4v) is 7.17. The van der Waals surface area contributed by atoms with Crippen LogP contribution in [0.1, 0.15) is 52.7 Å². The molecule has 1 N–H and O–H groups in total. The van der Waals surface area contributed by atoms with Gasteiger partial charge >= 0.3 is 0 Å². The van der Waals surface area contributed by atoms with Gasteiger partial charge in [-0.05, 0) is 78.7 Å². The molecule has 43 heavy (non-hydrogen) atoms. The zero-order valence-corrected chi connectivity index (χ0v) is 23.9. The van der Waals surface area contributed by atoms with Crippen molar-refractivity contribution in [2.45, 2.75) is 50.7 Å². The van der Waals surface area contributed by atoms with Gasteiger partial charge in [-0.15, -0.1) is 0 Å². The monoisotopic (exact) mass is 588 g/mol. The van der Waals surface area contributed by atoms with Gasteiger partial charge in [0.2, 0.25) is 11.8 Å². The number of piperidine rings is 2. The minimum absolute atomic E-state index is 0.119. The molecule has 0 bridgehead atoms. The first-order chi connectivity index (χ1) is 20.9. The summed E-state index contributed by atoms with van der Waals surface area (Å²) < 4.78 is 35.7. The molecule has 0 spiro atoms. The maximum Gasteiger partial charge on any atom is 0.259 e. The van der Waals surface area contributed by atoms with Crippen molar-refractivity contribution in [3.8, 4) is 0 Å². The van der Waals surface area contributed by atoms with Gasteiger partial charge in [0, 0.05) is 43.9 Å². The fourth-order valence-electron chi connectivity index (χ4n) is 7.17. The van der Waals surface area contributed by atoms with Gasteiger partial charge in [0.25, 0.3) is 5.91 Å². The van der Waals surface area contributed by atoms with E-state index in [0.717, 1.165) is 57.8 Å². The number of nitrogens with zero attached hydrogens (tertiary/aromatic N) is 3. The summed E-state index contributed by atoms with van der Waals surface area (Å²) in [5, 5.41) is 3.36. The summed E-state index contributed by atoms with van der Waals surface area (Å²) in [6.45, 7) is 6.26. The van der Waals surface area contributed by atoms with E-state index in [1.165, 1.54) is 17.0 Å². The molecule has 4 heterocycles. The maximum absolute atomic E-state index is 15.4. The van der Waals surface area contributed by atoms with Crippen molar-refractivity contribution in [1.29, 1.82) is 0 Å². The van der Waals surface area contributed by atoms with E-state index in [2.05, 4.69) is 15.1 Å². The summed E-state index contributed by atoms with van der Waals surface area (Å²) in [5.74, 6) is -2.29. The molecule has 10 heteroatoms. The number of hydrogen-bond acceptors (Lipinski definition) is 6. The maximum atomic E-state index is 15.4. The van der Waals surface area contributed by atoms with Gasteiger partial charge < -0.3 is 4.74 Å². The molecule has 3 amide bonds. The van der Waals surface area contributed by atoms with Crippen molar-refractivity contribution in [2.24, 2.45) is 0 Å². The van der Waals surface area contributed by atoms with Crippen LogP contribution in [0.2, 0.25) is 0 Å². The number of likely N-dealkylation sites (tertiary alicyclic amines) is 1. The first-order valence-electron chi connectivity index (χ1n) is 15.1. The highest BCUT2D eigenvalue weighted by Gasteiger charge is 2.41. The number of carbonyl (C=O) groups excluding carboxylic acids is 3. The van der Waals surface area contributed by atoms with Crippen molar-refractivity contribution >= 4 is 34.2 Å².